The second-order valence-electron chi connectivity index (χ2n) is 8.64. The summed E-state index contributed by atoms with van der Waals surface area (Å²) in [5, 5.41) is 13.1. The summed E-state index contributed by atoms with van der Waals surface area (Å²) in [4.78, 5) is 26.5. The maximum absolute atomic E-state index is 12.8. The third kappa shape index (κ3) is 5.99. The molecule has 1 atom stereocenters. The number of primary amides is 1. The summed E-state index contributed by atoms with van der Waals surface area (Å²) in [5.74, 6) is -0.706. The Hall–Kier alpha value is -3.64. The highest BCUT2D eigenvalue weighted by molar-refractivity contribution is 6.06. The van der Waals surface area contributed by atoms with Crippen molar-refractivity contribution in [3.63, 3.8) is 0 Å². The van der Waals surface area contributed by atoms with Gasteiger partial charge in [0, 0.05) is 18.8 Å². The summed E-state index contributed by atoms with van der Waals surface area (Å²) < 4.78 is 0. The van der Waals surface area contributed by atoms with Crippen LogP contribution in [0, 0.1) is 5.92 Å². The molecule has 0 saturated carbocycles. The Bertz CT molecular complexity index is 1110. The molecule has 1 aliphatic heterocycles. The average molecular weight is 444 g/mol. The number of phenols is 1. The highest BCUT2D eigenvalue weighted by atomic mass is 16.3. The molecule has 1 fully saturated rings. The second kappa shape index (κ2) is 10.3. The fourth-order valence-electron chi connectivity index (χ4n) is 4.29. The Balaban J connectivity index is 1.38. The zero-order valence-electron chi connectivity index (χ0n) is 18.5. The third-order valence-electron chi connectivity index (χ3n) is 6.08. The molecule has 0 spiro atoms. The lowest BCUT2D eigenvalue weighted by atomic mass is 9.97. The predicted octanol–water partition coefficient (Wildman–Crippen LogP) is 3.93. The number of nitrogens with zero attached hydrogens (tertiary/aromatic N) is 1. The number of amides is 2. The van der Waals surface area contributed by atoms with Gasteiger partial charge in [0.2, 0.25) is 5.91 Å². The summed E-state index contributed by atoms with van der Waals surface area (Å²) in [6, 6.07) is 22.8. The van der Waals surface area contributed by atoms with Gasteiger partial charge in [-0.15, -0.1) is 0 Å². The van der Waals surface area contributed by atoms with Crippen molar-refractivity contribution < 1.29 is 14.7 Å². The predicted molar refractivity (Wildman–Crippen MR) is 129 cm³/mol. The molecule has 1 saturated heterocycles. The van der Waals surface area contributed by atoms with Gasteiger partial charge in [-0.2, -0.15) is 0 Å². The summed E-state index contributed by atoms with van der Waals surface area (Å²) in [6.45, 7) is 2.37. The number of likely N-dealkylation sites (tertiary alicyclic amines) is 1. The smallest absolute Gasteiger partial charge is 0.259 e. The molecule has 3 aromatic rings. The van der Waals surface area contributed by atoms with E-state index in [4.69, 9.17) is 5.73 Å². The molecule has 6 nitrogen and oxygen atoms in total. The molecule has 4 rings (SSSR count). The fourth-order valence-corrected chi connectivity index (χ4v) is 4.29. The van der Waals surface area contributed by atoms with E-state index in [1.165, 1.54) is 0 Å². The quantitative estimate of drug-likeness (QED) is 0.516. The maximum atomic E-state index is 12.8. The van der Waals surface area contributed by atoms with Crippen LogP contribution in [0.25, 0.3) is 0 Å². The Morgan fingerprint density at radius 3 is 2.42 bits per heavy atom. The van der Waals surface area contributed by atoms with Crippen LogP contribution in [-0.4, -0.2) is 34.9 Å². The Morgan fingerprint density at radius 2 is 1.70 bits per heavy atom. The van der Waals surface area contributed by atoms with Crippen LogP contribution in [0.1, 0.15) is 39.9 Å². The zero-order valence-corrected chi connectivity index (χ0v) is 18.5. The van der Waals surface area contributed by atoms with Crippen LogP contribution < -0.4 is 11.1 Å². The van der Waals surface area contributed by atoms with E-state index in [-0.39, 0.29) is 29.0 Å². The summed E-state index contributed by atoms with van der Waals surface area (Å²) in [7, 11) is 0. The Morgan fingerprint density at radius 1 is 0.970 bits per heavy atom. The van der Waals surface area contributed by atoms with Crippen LogP contribution >= 0.6 is 0 Å². The van der Waals surface area contributed by atoms with Crippen LogP contribution in [0.15, 0.2) is 72.8 Å². The SMILES string of the molecule is NC(=O)C1CCCN(Cc2ccc(NC(=O)c3cc(Cc4ccccc4)ccc3O)cc2)C1. The number of nitrogens with two attached hydrogens (primary N) is 1. The number of hydrogen-bond donors (Lipinski definition) is 3. The monoisotopic (exact) mass is 443 g/mol. The maximum Gasteiger partial charge on any atom is 0.259 e. The lowest BCUT2D eigenvalue weighted by Crippen LogP contribution is -2.40. The second-order valence-corrected chi connectivity index (χ2v) is 8.64. The number of aromatic hydroxyl groups is 1. The van der Waals surface area contributed by atoms with Crippen molar-refractivity contribution in [3.05, 3.63) is 95.1 Å². The fraction of sp³-hybridized carbons (Fsp3) is 0.259. The number of phenolic OH excluding ortho intramolecular Hbond substituents is 1. The zero-order chi connectivity index (χ0) is 23.2. The van der Waals surface area contributed by atoms with Gasteiger partial charge in [-0.25, -0.2) is 0 Å². The van der Waals surface area contributed by atoms with Gasteiger partial charge < -0.3 is 16.2 Å². The van der Waals surface area contributed by atoms with E-state index < -0.39 is 0 Å². The highest BCUT2D eigenvalue weighted by Crippen LogP contribution is 2.23. The minimum absolute atomic E-state index is 0.0463. The van der Waals surface area contributed by atoms with Crippen molar-refractivity contribution in [2.24, 2.45) is 11.7 Å². The molecule has 0 aromatic heterocycles. The molecule has 0 bridgehead atoms. The molecule has 2 amide bonds. The summed E-state index contributed by atoms with van der Waals surface area (Å²) in [6.07, 6.45) is 2.51. The number of benzene rings is 3. The molecular weight excluding hydrogens is 414 g/mol. The molecule has 4 N–H and O–H groups in total. The standard InChI is InChI=1S/C27H29N3O3/c28-26(32)22-7-4-14-30(18-22)17-20-8-11-23(12-9-20)29-27(33)24-16-21(10-13-25(24)31)15-19-5-2-1-3-6-19/h1-3,5-6,8-13,16,22,31H,4,7,14-15,17-18H2,(H2,28,32)(H,29,33). The number of anilines is 1. The Kier molecular flexibility index (Phi) is 7.05. The van der Waals surface area contributed by atoms with Gasteiger partial charge in [-0.05, 0) is 66.8 Å². The van der Waals surface area contributed by atoms with Crippen molar-refractivity contribution in [1.29, 1.82) is 0 Å². The average Bonchev–Trinajstić information content (AvgIpc) is 2.82. The number of carbonyl (C=O) groups is 2. The minimum Gasteiger partial charge on any atom is -0.507 e. The summed E-state index contributed by atoms with van der Waals surface area (Å²) in [5.41, 5.74) is 9.57. The number of carbonyl (C=O) groups excluding carboxylic acids is 2. The normalized spacial score (nSPS) is 16.3. The first-order chi connectivity index (χ1) is 16.0. The van der Waals surface area contributed by atoms with E-state index in [1.54, 1.807) is 12.1 Å². The van der Waals surface area contributed by atoms with Gasteiger partial charge in [0.05, 0.1) is 11.5 Å². The third-order valence-corrected chi connectivity index (χ3v) is 6.08. The molecule has 6 heteroatoms. The van der Waals surface area contributed by atoms with E-state index in [2.05, 4.69) is 10.2 Å². The number of nitrogens with one attached hydrogen (secondary N) is 1. The molecule has 33 heavy (non-hydrogen) atoms. The van der Waals surface area contributed by atoms with Crippen LogP contribution in [-0.2, 0) is 17.8 Å². The molecule has 3 aromatic carbocycles. The van der Waals surface area contributed by atoms with Crippen LogP contribution in [0.2, 0.25) is 0 Å². The van der Waals surface area contributed by atoms with Crippen LogP contribution in [0.3, 0.4) is 0 Å². The minimum atomic E-state index is -0.351. The Labute approximate surface area is 194 Å². The first-order valence-corrected chi connectivity index (χ1v) is 11.3. The number of hydrogen-bond acceptors (Lipinski definition) is 4. The van der Waals surface area contributed by atoms with Crippen molar-refractivity contribution >= 4 is 17.5 Å². The molecule has 0 radical (unpaired) electrons. The van der Waals surface area contributed by atoms with E-state index in [9.17, 15) is 14.7 Å². The number of piperidine rings is 1. The van der Waals surface area contributed by atoms with Crippen LogP contribution in [0.4, 0.5) is 5.69 Å². The molecule has 1 heterocycles. The lowest BCUT2D eigenvalue weighted by Gasteiger charge is -2.31. The van der Waals surface area contributed by atoms with E-state index in [0.717, 1.165) is 42.6 Å². The summed E-state index contributed by atoms with van der Waals surface area (Å²) >= 11 is 0. The number of rotatable bonds is 7. The van der Waals surface area contributed by atoms with Crippen molar-refractivity contribution in [2.75, 3.05) is 18.4 Å². The van der Waals surface area contributed by atoms with Crippen molar-refractivity contribution in [1.82, 2.24) is 4.90 Å². The lowest BCUT2D eigenvalue weighted by molar-refractivity contribution is -0.123. The first kappa shape index (κ1) is 22.6. The topological polar surface area (TPSA) is 95.7 Å². The van der Waals surface area contributed by atoms with Gasteiger partial charge in [-0.3, -0.25) is 14.5 Å². The van der Waals surface area contributed by atoms with Gasteiger partial charge in [0.15, 0.2) is 0 Å². The molecule has 170 valence electrons. The molecule has 0 aliphatic carbocycles. The molecule has 1 aliphatic rings. The van der Waals surface area contributed by atoms with Crippen molar-refractivity contribution in [3.8, 4) is 5.75 Å². The van der Waals surface area contributed by atoms with Gasteiger partial charge in [0.25, 0.3) is 5.91 Å². The molecule has 1 unspecified atom stereocenters. The van der Waals surface area contributed by atoms with Crippen LogP contribution in [0.5, 0.6) is 5.75 Å². The van der Waals surface area contributed by atoms with Crippen molar-refractivity contribution in [2.45, 2.75) is 25.8 Å². The van der Waals surface area contributed by atoms with Gasteiger partial charge in [-0.1, -0.05) is 48.5 Å². The van der Waals surface area contributed by atoms with Gasteiger partial charge in [0.1, 0.15) is 5.75 Å². The highest BCUT2D eigenvalue weighted by Gasteiger charge is 2.23. The molecular formula is C27H29N3O3. The van der Waals surface area contributed by atoms with E-state index in [1.807, 2.05) is 60.7 Å². The van der Waals surface area contributed by atoms with Gasteiger partial charge >= 0.3 is 0 Å². The first-order valence-electron chi connectivity index (χ1n) is 11.3. The largest absolute Gasteiger partial charge is 0.507 e. The van der Waals surface area contributed by atoms with E-state index >= 15 is 0 Å². The van der Waals surface area contributed by atoms with E-state index in [0.29, 0.717) is 18.7 Å².